The molecule has 0 spiro atoms. The number of anilines is 1. The van der Waals surface area contributed by atoms with E-state index in [1.165, 1.54) is 6.20 Å². The fraction of sp³-hybridized carbons (Fsp3) is 0.500. The second-order valence-corrected chi connectivity index (χ2v) is 3.77. The highest BCUT2D eigenvalue weighted by Crippen LogP contribution is 2.19. The number of hydrogen-bond acceptors (Lipinski definition) is 4. The van der Waals surface area contributed by atoms with Gasteiger partial charge in [-0.25, -0.2) is 4.79 Å². The summed E-state index contributed by atoms with van der Waals surface area (Å²) in [6, 6.07) is 1.77. The van der Waals surface area contributed by atoms with Crippen molar-refractivity contribution in [2.75, 3.05) is 31.7 Å². The molecule has 0 aliphatic heterocycles. The molecule has 5 heteroatoms. The summed E-state index contributed by atoms with van der Waals surface area (Å²) in [6.07, 6.45) is 1.39. The first-order chi connectivity index (χ1) is 8.06. The Morgan fingerprint density at radius 1 is 1.59 bits per heavy atom. The lowest BCUT2D eigenvalue weighted by Gasteiger charge is -2.21. The van der Waals surface area contributed by atoms with Crippen LogP contribution in [0.2, 0.25) is 0 Å². The van der Waals surface area contributed by atoms with Crippen molar-refractivity contribution in [1.29, 1.82) is 0 Å². The molecule has 94 valence electrons. The van der Waals surface area contributed by atoms with Crippen molar-refractivity contribution in [1.82, 2.24) is 4.98 Å². The van der Waals surface area contributed by atoms with Crippen molar-refractivity contribution in [3.05, 3.63) is 23.5 Å². The van der Waals surface area contributed by atoms with E-state index in [4.69, 9.17) is 9.84 Å². The Morgan fingerprint density at radius 2 is 2.29 bits per heavy atom. The van der Waals surface area contributed by atoms with Gasteiger partial charge >= 0.3 is 5.97 Å². The van der Waals surface area contributed by atoms with Gasteiger partial charge in [-0.15, -0.1) is 0 Å². The van der Waals surface area contributed by atoms with Crippen LogP contribution in [0.4, 0.5) is 5.69 Å². The molecule has 0 aliphatic rings. The first-order valence-electron chi connectivity index (χ1n) is 5.55. The predicted molar refractivity (Wildman–Crippen MR) is 65.7 cm³/mol. The normalized spacial score (nSPS) is 10.3. The van der Waals surface area contributed by atoms with Gasteiger partial charge in [0.2, 0.25) is 0 Å². The van der Waals surface area contributed by atoms with Crippen LogP contribution < -0.4 is 4.90 Å². The second kappa shape index (κ2) is 6.20. The minimum atomic E-state index is -0.962. The molecule has 1 N–H and O–H groups in total. The van der Waals surface area contributed by atoms with Crippen molar-refractivity contribution < 1.29 is 14.6 Å². The average molecular weight is 238 g/mol. The maximum atomic E-state index is 11.1. The van der Waals surface area contributed by atoms with Crippen LogP contribution in [-0.4, -0.2) is 42.9 Å². The third-order valence-corrected chi connectivity index (χ3v) is 2.44. The minimum Gasteiger partial charge on any atom is -0.478 e. The molecular formula is C12H18N2O3. The SMILES string of the molecule is CCOCCN(C)c1cc(C)ncc1C(=O)O. The summed E-state index contributed by atoms with van der Waals surface area (Å²) in [5.74, 6) is -0.962. The summed E-state index contributed by atoms with van der Waals surface area (Å²) in [6.45, 7) is 5.66. The van der Waals surface area contributed by atoms with E-state index in [2.05, 4.69) is 4.98 Å². The van der Waals surface area contributed by atoms with Gasteiger partial charge in [-0.3, -0.25) is 4.98 Å². The Labute approximate surface area is 101 Å². The number of carbonyl (C=O) groups is 1. The summed E-state index contributed by atoms with van der Waals surface area (Å²) in [7, 11) is 1.85. The molecule has 0 aromatic carbocycles. The number of likely N-dealkylation sites (N-methyl/N-ethyl adjacent to an activating group) is 1. The van der Waals surface area contributed by atoms with E-state index < -0.39 is 5.97 Å². The van der Waals surface area contributed by atoms with Crippen molar-refractivity contribution in [2.24, 2.45) is 0 Å². The number of ether oxygens (including phenoxy) is 1. The van der Waals surface area contributed by atoms with Crippen molar-refractivity contribution in [2.45, 2.75) is 13.8 Å². The first-order valence-corrected chi connectivity index (χ1v) is 5.55. The lowest BCUT2D eigenvalue weighted by Crippen LogP contribution is -2.24. The van der Waals surface area contributed by atoms with Crippen molar-refractivity contribution in [3.63, 3.8) is 0 Å². The van der Waals surface area contributed by atoms with E-state index in [0.717, 1.165) is 5.69 Å². The zero-order valence-corrected chi connectivity index (χ0v) is 10.4. The average Bonchev–Trinajstić information content (AvgIpc) is 2.28. The van der Waals surface area contributed by atoms with Gasteiger partial charge in [0.05, 0.1) is 12.3 Å². The van der Waals surface area contributed by atoms with Crippen LogP contribution >= 0.6 is 0 Å². The number of rotatable bonds is 6. The molecular weight excluding hydrogens is 220 g/mol. The van der Waals surface area contributed by atoms with Gasteiger partial charge in [-0.2, -0.15) is 0 Å². The highest BCUT2D eigenvalue weighted by Gasteiger charge is 2.14. The molecule has 5 nitrogen and oxygen atoms in total. The molecule has 1 aromatic heterocycles. The quantitative estimate of drug-likeness (QED) is 0.762. The van der Waals surface area contributed by atoms with Crippen molar-refractivity contribution >= 4 is 11.7 Å². The van der Waals surface area contributed by atoms with Gasteiger partial charge in [0.15, 0.2) is 0 Å². The number of nitrogens with zero attached hydrogens (tertiary/aromatic N) is 2. The largest absolute Gasteiger partial charge is 0.478 e. The summed E-state index contributed by atoms with van der Waals surface area (Å²) in [4.78, 5) is 16.9. The second-order valence-electron chi connectivity index (χ2n) is 3.77. The molecule has 1 rings (SSSR count). The number of hydrogen-bond donors (Lipinski definition) is 1. The van der Waals surface area contributed by atoms with Gasteiger partial charge in [0, 0.05) is 32.1 Å². The number of aromatic carboxylic acids is 1. The summed E-state index contributed by atoms with van der Waals surface area (Å²) < 4.78 is 5.25. The van der Waals surface area contributed by atoms with Crippen LogP contribution in [0.3, 0.4) is 0 Å². The molecule has 0 saturated carbocycles. The molecule has 0 saturated heterocycles. The summed E-state index contributed by atoms with van der Waals surface area (Å²) in [5, 5.41) is 9.08. The fourth-order valence-electron chi connectivity index (χ4n) is 1.49. The van der Waals surface area contributed by atoms with E-state index in [0.29, 0.717) is 25.4 Å². The van der Waals surface area contributed by atoms with Gasteiger partial charge in [-0.05, 0) is 19.9 Å². The Morgan fingerprint density at radius 3 is 2.88 bits per heavy atom. The van der Waals surface area contributed by atoms with Gasteiger partial charge in [-0.1, -0.05) is 0 Å². The van der Waals surface area contributed by atoms with Gasteiger partial charge in [0.25, 0.3) is 0 Å². The van der Waals surface area contributed by atoms with Crippen LogP contribution in [0.15, 0.2) is 12.3 Å². The maximum absolute atomic E-state index is 11.1. The molecule has 0 atom stereocenters. The highest BCUT2D eigenvalue weighted by atomic mass is 16.5. The van der Waals surface area contributed by atoms with Crippen LogP contribution in [0.1, 0.15) is 23.0 Å². The van der Waals surface area contributed by atoms with Crippen LogP contribution in [-0.2, 0) is 4.74 Å². The number of aryl methyl sites for hydroxylation is 1. The Hall–Kier alpha value is -1.62. The summed E-state index contributed by atoms with van der Waals surface area (Å²) in [5.41, 5.74) is 1.69. The van der Waals surface area contributed by atoms with E-state index in [1.54, 1.807) is 6.07 Å². The van der Waals surface area contributed by atoms with Gasteiger partial charge < -0.3 is 14.7 Å². The molecule has 0 fully saturated rings. The number of pyridine rings is 1. The maximum Gasteiger partial charge on any atom is 0.339 e. The number of carboxylic acid groups (broad SMARTS) is 1. The third-order valence-electron chi connectivity index (χ3n) is 2.44. The van der Waals surface area contributed by atoms with E-state index >= 15 is 0 Å². The van der Waals surface area contributed by atoms with Gasteiger partial charge in [0.1, 0.15) is 5.56 Å². The predicted octanol–water partition coefficient (Wildman–Crippen LogP) is 1.56. The number of carboxylic acids is 1. The number of aromatic nitrogens is 1. The lowest BCUT2D eigenvalue weighted by molar-refractivity contribution is 0.0697. The lowest BCUT2D eigenvalue weighted by atomic mass is 10.2. The zero-order chi connectivity index (χ0) is 12.8. The molecule has 17 heavy (non-hydrogen) atoms. The third kappa shape index (κ3) is 3.71. The first kappa shape index (κ1) is 13.4. The van der Waals surface area contributed by atoms with E-state index in [1.807, 2.05) is 25.8 Å². The zero-order valence-electron chi connectivity index (χ0n) is 10.4. The van der Waals surface area contributed by atoms with Crippen LogP contribution in [0.25, 0.3) is 0 Å². The smallest absolute Gasteiger partial charge is 0.339 e. The molecule has 0 radical (unpaired) electrons. The molecule has 0 aliphatic carbocycles. The molecule has 1 heterocycles. The van der Waals surface area contributed by atoms with Crippen molar-refractivity contribution in [3.8, 4) is 0 Å². The molecule has 1 aromatic rings. The Bertz CT molecular complexity index is 393. The van der Waals surface area contributed by atoms with Crippen LogP contribution in [0.5, 0.6) is 0 Å². The molecule has 0 amide bonds. The topological polar surface area (TPSA) is 62.7 Å². The van der Waals surface area contributed by atoms with E-state index in [9.17, 15) is 4.79 Å². The monoisotopic (exact) mass is 238 g/mol. The Kier molecular flexibility index (Phi) is 4.90. The molecule has 0 unspecified atom stereocenters. The molecule has 0 bridgehead atoms. The Balaban J connectivity index is 2.86. The van der Waals surface area contributed by atoms with E-state index in [-0.39, 0.29) is 5.56 Å². The minimum absolute atomic E-state index is 0.217. The van der Waals surface area contributed by atoms with Crippen LogP contribution in [0, 0.1) is 6.92 Å². The fourth-order valence-corrected chi connectivity index (χ4v) is 1.49. The summed E-state index contributed by atoms with van der Waals surface area (Å²) >= 11 is 0. The highest BCUT2D eigenvalue weighted by molar-refractivity contribution is 5.94. The standard InChI is InChI=1S/C12H18N2O3/c1-4-17-6-5-14(3)11-7-9(2)13-8-10(11)12(15)16/h7-8H,4-6H2,1-3H3,(H,15,16).